The fourth-order valence-corrected chi connectivity index (χ4v) is 1.98. The number of carboxylic acid groups (broad SMARTS) is 1. The number of nitrogens with zero attached hydrogens (tertiary/aromatic N) is 1. The molecule has 0 aromatic heterocycles. The maximum absolute atomic E-state index is 12.6. The number of carbonyl (C=O) groups is 1. The Morgan fingerprint density at radius 2 is 1.88 bits per heavy atom. The summed E-state index contributed by atoms with van der Waals surface area (Å²) in [5.41, 5.74) is -1.86. The summed E-state index contributed by atoms with van der Waals surface area (Å²) < 4.78 is 43.2. The molecule has 126 valence electrons. The number of aryl methyl sites for hydroxylation is 1. The third-order valence-electron chi connectivity index (χ3n) is 3.13. The Morgan fingerprint density at radius 3 is 2.38 bits per heavy atom. The van der Waals surface area contributed by atoms with Crippen molar-refractivity contribution in [3.63, 3.8) is 0 Å². The second-order valence-corrected chi connectivity index (χ2v) is 4.82. The van der Waals surface area contributed by atoms with Crippen molar-refractivity contribution in [3.8, 4) is 11.5 Å². The summed E-state index contributed by atoms with van der Waals surface area (Å²) in [7, 11) is 0. The Morgan fingerprint density at radius 1 is 1.21 bits per heavy atom. The van der Waals surface area contributed by atoms with Gasteiger partial charge in [-0.2, -0.15) is 13.2 Å². The zero-order valence-electron chi connectivity index (χ0n) is 12.1. The van der Waals surface area contributed by atoms with Gasteiger partial charge in [-0.05, 0) is 36.8 Å². The number of ether oxygens (including phenoxy) is 1. The lowest BCUT2D eigenvalue weighted by Crippen LogP contribution is -2.05. The van der Waals surface area contributed by atoms with E-state index in [9.17, 15) is 28.1 Å². The number of hydrogen-bond acceptors (Lipinski definition) is 4. The SMILES string of the molecule is Cc1cc(C(F)(F)F)ccc1Oc1ccc([N+](=O)[O-])c(C(=O)O)c1. The highest BCUT2D eigenvalue weighted by Gasteiger charge is 2.30. The Hall–Kier alpha value is -3.10. The van der Waals surface area contributed by atoms with Gasteiger partial charge in [0.2, 0.25) is 0 Å². The van der Waals surface area contributed by atoms with Gasteiger partial charge in [-0.1, -0.05) is 0 Å². The number of carboxylic acids is 1. The molecule has 0 spiro atoms. The molecule has 24 heavy (non-hydrogen) atoms. The van der Waals surface area contributed by atoms with Crippen LogP contribution in [0, 0.1) is 17.0 Å². The summed E-state index contributed by atoms with van der Waals surface area (Å²) >= 11 is 0. The van der Waals surface area contributed by atoms with Crippen molar-refractivity contribution < 1.29 is 32.7 Å². The molecule has 0 bridgehead atoms. The molecule has 0 amide bonds. The van der Waals surface area contributed by atoms with Crippen molar-refractivity contribution in [3.05, 3.63) is 63.2 Å². The predicted molar refractivity (Wildman–Crippen MR) is 76.3 cm³/mol. The van der Waals surface area contributed by atoms with Crippen LogP contribution in [0.1, 0.15) is 21.5 Å². The zero-order chi connectivity index (χ0) is 18.1. The van der Waals surface area contributed by atoms with E-state index in [4.69, 9.17) is 9.84 Å². The average molecular weight is 341 g/mol. The van der Waals surface area contributed by atoms with Crippen LogP contribution in [-0.2, 0) is 6.18 Å². The first kappa shape index (κ1) is 17.3. The van der Waals surface area contributed by atoms with Gasteiger partial charge in [0, 0.05) is 12.1 Å². The van der Waals surface area contributed by atoms with Crippen molar-refractivity contribution >= 4 is 11.7 Å². The molecule has 2 rings (SSSR count). The molecule has 0 fully saturated rings. The van der Waals surface area contributed by atoms with E-state index in [1.165, 1.54) is 13.0 Å². The van der Waals surface area contributed by atoms with Gasteiger partial charge in [0.05, 0.1) is 10.5 Å². The highest BCUT2D eigenvalue weighted by Crippen LogP contribution is 2.34. The molecule has 0 aliphatic carbocycles. The third-order valence-corrected chi connectivity index (χ3v) is 3.13. The first-order chi connectivity index (χ1) is 11.1. The van der Waals surface area contributed by atoms with Gasteiger partial charge in [0.1, 0.15) is 17.1 Å². The maximum atomic E-state index is 12.6. The van der Waals surface area contributed by atoms with Crippen LogP contribution in [0.15, 0.2) is 36.4 Å². The summed E-state index contributed by atoms with van der Waals surface area (Å²) in [4.78, 5) is 21.0. The number of aromatic carboxylic acids is 1. The molecule has 0 saturated carbocycles. The highest BCUT2D eigenvalue weighted by molar-refractivity contribution is 5.92. The van der Waals surface area contributed by atoms with Crippen LogP contribution in [0.3, 0.4) is 0 Å². The summed E-state index contributed by atoms with van der Waals surface area (Å²) in [6.07, 6.45) is -4.49. The second kappa shape index (κ2) is 6.19. The van der Waals surface area contributed by atoms with Gasteiger partial charge in [0.15, 0.2) is 0 Å². The third kappa shape index (κ3) is 3.62. The minimum absolute atomic E-state index is 0.0409. The molecule has 6 nitrogen and oxygen atoms in total. The van der Waals surface area contributed by atoms with Crippen LogP contribution >= 0.6 is 0 Å². The summed E-state index contributed by atoms with van der Waals surface area (Å²) in [5, 5.41) is 19.8. The van der Waals surface area contributed by atoms with Crippen molar-refractivity contribution in [2.75, 3.05) is 0 Å². The molecule has 2 aromatic rings. The number of rotatable bonds is 4. The highest BCUT2D eigenvalue weighted by atomic mass is 19.4. The summed E-state index contributed by atoms with van der Waals surface area (Å²) in [5.74, 6) is -1.48. The molecule has 9 heteroatoms. The van der Waals surface area contributed by atoms with Gasteiger partial charge in [-0.25, -0.2) is 4.79 Å². The molecule has 0 saturated heterocycles. The number of nitro groups is 1. The molecular weight excluding hydrogens is 331 g/mol. The van der Waals surface area contributed by atoms with Gasteiger partial charge >= 0.3 is 12.1 Å². The van der Waals surface area contributed by atoms with Crippen LogP contribution in [-0.4, -0.2) is 16.0 Å². The Bertz CT molecular complexity index is 817. The maximum Gasteiger partial charge on any atom is 0.416 e. The molecule has 0 radical (unpaired) electrons. The molecule has 0 aliphatic heterocycles. The molecule has 2 aromatic carbocycles. The van der Waals surface area contributed by atoms with Crippen molar-refractivity contribution in [2.24, 2.45) is 0 Å². The van der Waals surface area contributed by atoms with Crippen molar-refractivity contribution in [1.82, 2.24) is 0 Å². The van der Waals surface area contributed by atoms with E-state index in [0.717, 1.165) is 30.3 Å². The first-order valence-corrected chi connectivity index (χ1v) is 6.47. The number of benzene rings is 2. The Labute approximate surface area is 133 Å². The Kier molecular flexibility index (Phi) is 4.45. The fourth-order valence-electron chi connectivity index (χ4n) is 1.98. The lowest BCUT2D eigenvalue weighted by Gasteiger charge is -2.12. The fraction of sp³-hybridized carbons (Fsp3) is 0.133. The molecule has 0 aliphatic rings. The van der Waals surface area contributed by atoms with E-state index in [0.29, 0.717) is 0 Å². The van der Waals surface area contributed by atoms with E-state index < -0.39 is 33.9 Å². The molecule has 0 unspecified atom stereocenters. The van der Waals surface area contributed by atoms with E-state index in [1.54, 1.807) is 0 Å². The normalized spacial score (nSPS) is 11.2. The van der Waals surface area contributed by atoms with E-state index in [-0.39, 0.29) is 17.1 Å². The second-order valence-electron chi connectivity index (χ2n) is 4.82. The van der Waals surface area contributed by atoms with Crippen LogP contribution in [0.4, 0.5) is 18.9 Å². The van der Waals surface area contributed by atoms with Crippen LogP contribution in [0.2, 0.25) is 0 Å². The summed E-state index contributed by atoms with van der Waals surface area (Å²) in [6.45, 7) is 1.40. The largest absolute Gasteiger partial charge is 0.477 e. The van der Waals surface area contributed by atoms with E-state index in [2.05, 4.69) is 0 Å². The van der Waals surface area contributed by atoms with Crippen LogP contribution in [0.5, 0.6) is 11.5 Å². The Balaban J connectivity index is 2.37. The minimum atomic E-state index is -4.49. The minimum Gasteiger partial charge on any atom is -0.477 e. The van der Waals surface area contributed by atoms with Gasteiger partial charge in [0.25, 0.3) is 5.69 Å². The van der Waals surface area contributed by atoms with E-state index in [1.807, 2.05) is 0 Å². The standard InChI is InChI=1S/C15H10F3NO5/c1-8-6-9(15(16,17)18)2-5-13(8)24-10-3-4-12(19(22)23)11(7-10)14(20)21/h2-7H,1H3,(H,20,21). The predicted octanol–water partition coefficient (Wildman–Crippen LogP) is 4.41. The first-order valence-electron chi connectivity index (χ1n) is 6.47. The van der Waals surface area contributed by atoms with Gasteiger partial charge < -0.3 is 9.84 Å². The lowest BCUT2D eigenvalue weighted by molar-refractivity contribution is -0.385. The van der Waals surface area contributed by atoms with Gasteiger partial charge in [-0.15, -0.1) is 0 Å². The smallest absolute Gasteiger partial charge is 0.416 e. The topological polar surface area (TPSA) is 89.7 Å². The summed E-state index contributed by atoms with van der Waals surface area (Å²) in [6, 6.07) is 5.88. The molecular formula is C15H10F3NO5. The average Bonchev–Trinajstić information content (AvgIpc) is 2.47. The zero-order valence-corrected chi connectivity index (χ0v) is 12.1. The van der Waals surface area contributed by atoms with Crippen LogP contribution in [0.25, 0.3) is 0 Å². The number of halogens is 3. The molecule has 1 N–H and O–H groups in total. The number of alkyl halides is 3. The quantitative estimate of drug-likeness (QED) is 0.657. The van der Waals surface area contributed by atoms with Crippen molar-refractivity contribution in [1.29, 1.82) is 0 Å². The monoisotopic (exact) mass is 341 g/mol. The van der Waals surface area contributed by atoms with Gasteiger partial charge in [-0.3, -0.25) is 10.1 Å². The number of nitro benzene ring substituents is 1. The van der Waals surface area contributed by atoms with E-state index >= 15 is 0 Å². The molecule has 0 heterocycles. The number of hydrogen-bond donors (Lipinski definition) is 1. The van der Waals surface area contributed by atoms with Crippen molar-refractivity contribution in [2.45, 2.75) is 13.1 Å². The molecule has 0 atom stereocenters. The van der Waals surface area contributed by atoms with Crippen LogP contribution < -0.4 is 4.74 Å². The lowest BCUT2D eigenvalue weighted by atomic mass is 10.1.